The summed E-state index contributed by atoms with van der Waals surface area (Å²) in [6, 6.07) is 14.4. The fraction of sp³-hybridized carbons (Fsp3) is 0.308. The van der Waals surface area contributed by atoms with Crippen LogP contribution in [0.4, 0.5) is 17.3 Å². The van der Waals surface area contributed by atoms with Gasteiger partial charge < -0.3 is 20.5 Å². The second-order valence-corrected chi connectivity index (χ2v) is 15.4. The summed E-state index contributed by atoms with van der Waals surface area (Å²) in [5, 5.41) is 8.09. The summed E-state index contributed by atoms with van der Waals surface area (Å²) in [5.74, 6) is 1.95. The molecule has 3 heterocycles. The highest BCUT2D eigenvalue weighted by Crippen LogP contribution is 2.33. The number of benzene rings is 1. The van der Waals surface area contributed by atoms with Crippen molar-refractivity contribution in [2.75, 3.05) is 17.7 Å². The van der Waals surface area contributed by atoms with Gasteiger partial charge in [0, 0.05) is 44.9 Å². The largest absolute Gasteiger partial charge is 0.482 e. The number of nitrogens with zero attached hydrogens (tertiary/aromatic N) is 5. The number of anilines is 3. The smallest absolute Gasteiger partial charge is 0.150 e. The lowest BCUT2D eigenvalue weighted by Crippen LogP contribution is -2.22. The highest BCUT2D eigenvalue weighted by atomic mass is 28.3. The van der Waals surface area contributed by atoms with E-state index in [2.05, 4.69) is 39.9 Å². The Balaban J connectivity index is 1.57. The number of ether oxygens (including phenoxy) is 2. The molecular weight excluding hydrogens is 470 g/mol. The molecule has 3 N–H and O–H groups in total. The molecule has 0 amide bonds. The van der Waals surface area contributed by atoms with Crippen LogP contribution >= 0.6 is 0 Å². The van der Waals surface area contributed by atoms with Crippen LogP contribution in [0.3, 0.4) is 0 Å². The predicted octanol–water partition coefficient (Wildman–Crippen LogP) is 5.51. The quantitative estimate of drug-likeness (QED) is 0.156. The van der Waals surface area contributed by atoms with Gasteiger partial charge in [0.2, 0.25) is 0 Å². The third-order valence-electron chi connectivity index (χ3n) is 5.53. The van der Waals surface area contributed by atoms with E-state index >= 15 is 0 Å². The second-order valence-electron chi connectivity index (χ2n) is 9.75. The Labute approximate surface area is 212 Å². The molecule has 1 aromatic carbocycles. The van der Waals surface area contributed by atoms with Crippen LogP contribution < -0.4 is 15.8 Å². The highest BCUT2D eigenvalue weighted by Gasteiger charge is 2.16. The van der Waals surface area contributed by atoms with Gasteiger partial charge in [-0.3, -0.25) is 9.97 Å². The van der Waals surface area contributed by atoms with Gasteiger partial charge in [-0.25, -0.2) is 9.67 Å². The molecule has 3 aromatic heterocycles. The molecule has 0 aliphatic carbocycles. The summed E-state index contributed by atoms with van der Waals surface area (Å²) in [6.07, 6.45) is 6.43. The Morgan fingerprint density at radius 3 is 2.64 bits per heavy atom. The fourth-order valence-corrected chi connectivity index (χ4v) is 4.20. The summed E-state index contributed by atoms with van der Waals surface area (Å²) < 4.78 is 13.9. The lowest BCUT2D eigenvalue weighted by atomic mass is 10.1. The molecule has 1 atom stereocenters. The van der Waals surface area contributed by atoms with Gasteiger partial charge in [-0.15, -0.1) is 0 Å². The van der Waals surface area contributed by atoms with Crippen LogP contribution in [0.25, 0.3) is 11.3 Å². The Bertz CT molecular complexity index is 1260. The zero-order chi connectivity index (χ0) is 25.5. The van der Waals surface area contributed by atoms with Crippen LogP contribution in [-0.4, -0.2) is 39.4 Å². The molecule has 0 aliphatic rings. The van der Waals surface area contributed by atoms with Gasteiger partial charge in [0.15, 0.2) is 0 Å². The molecule has 0 saturated heterocycles. The van der Waals surface area contributed by atoms with Crippen LogP contribution in [-0.2, 0) is 11.5 Å². The molecule has 0 spiro atoms. The standard InChI is InChI=1S/C26H33N7O2Si/c1-19(22-7-5-6-10-29-22)35-24-15-20(8-9-21(24)27)23-16-26(31-25-17-28-11-12-30-25)33(32-23)18-34-13-14-36(2,3)4/h5-12,15-17,19H,13-14,18,27H2,1-4H3,(H,30,31)/t19-/m0/s1. The Kier molecular flexibility index (Phi) is 7.96. The van der Waals surface area contributed by atoms with E-state index in [1.807, 2.05) is 49.4 Å². The van der Waals surface area contributed by atoms with Gasteiger partial charge in [-0.2, -0.15) is 5.10 Å². The van der Waals surface area contributed by atoms with Gasteiger partial charge in [0.05, 0.1) is 23.3 Å². The first-order valence-electron chi connectivity index (χ1n) is 11.9. The molecule has 188 valence electrons. The molecule has 4 aromatic rings. The lowest BCUT2D eigenvalue weighted by molar-refractivity contribution is 0.0803. The van der Waals surface area contributed by atoms with Crippen molar-refractivity contribution in [2.45, 2.75) is 45.4 Å². The summed E-state index contributed by atoms with van der Waals surface area (Å²) >= 11 is 0. The minimum atomic E-state index is -1.19. The molecule has 0 radical (unpaired) electrons. The van der Waals surface area contributed by atoms with E-state index in [1.54, 1.807) is 29.5 Å². The number of hydrogen-bond donors (Lipinski definition) is 2. The maximum absolute atomic E-state index is 6.23. The molecule has 0 fully saturated rings. The van der Waals surface area contributed by atoms with E-state index in [0.29, 0.717) is 30.6 Å². The van der Waals surface area contributed by atoms with Gasteiger partial charge >= 0.3 is 0 Å². The number of hydrogen-bond acceptors (Lipinski definition) is 8. The second kappa shape index (κ2) is 11.3. The Hall–Kier alpha value is -3.76. The summed E-state index contributed by atoms with van der Waals surface area (Å²) in [4.78, 5) is 12.8. The van der Waals surface area contributed by atoms with Crippen molar-refractivity contribution in [3.8, 4) is 17.0 Å². The van der Waals surface area contributed by atoms with E-state index in [4.69, 9.17) is 20.3 Å². The molecule has 0 bridgehead atoms. The Morgan fingerprint density at radius 1 is 1.06 bits per heavy atom. The molecular formula is C26H33N7O2Si. The molecule has 0 aliphatic heterocycles. The molecule has 36 heavy (non-hydrogen) atoms. The maximum atomic E-state index is 6.23. The first kappa shape index (κ1) is 25.3. The van der Waals surface area contributed by atoms with Crippen LogP contribution in [0.2, 0.25) is 25.7 Å². The van der Waals surface area contributed by atoms with Gasteiger partial charge in [0.25, 0.3) is 0 Å². The van der Waals surface area contributed by atoms with Crippen molar-refractivity contribution >= 4 is 25.4 Å². The van der Waals surface area contributed by atoms with E-state index in [-0.39, 0.29) is 6.10 Å². The molecule has 0 unspecified atom stereocenters. The fourth-order valence-electron chi connectivity index (χ4n) is 3.44. The predicted molar refractivity (Wildman–Crippen MR) is 145 cm³/mol. The van der Waals surface area contributed by atoms with Crippen molar-refractivity contribution in [1.82, 2.24) is 24.7 Å². The highest BCUT2D eigenvalue weighted by molar-refractivity contribution is 6.76. The summed E-state index contributed by atoms with van der Waals surface area (Å²) in [7, 11) is -1.19. The number of rotatable bonds is 11. The normalized spacial score (nSPS) is 12.3. The SMILES string of the molecule is C[C@H](Oc1cc(-c2cc(Nc3cnccn3)n(COCC[Si](C)(C)C)n2)ccc1N)c1ccccn1. The van der Waals surface area contributed by atoms with Crippen LogP contribution in [0.15, 0.2) is 67.3 Å². The van der Waals surface area contributed by atoms with E-state index in [1.165, 1.54) is 0 Å². The van der Waals surface area contributed by atoms with Crippen LogP contribution in [0, 0.1) is 0 Å². The molecule has 0 saturated carbocycles. The Morgan fingerprint density at radius 2 is 1.92 bits per heavy atom. The van der Waals surface area contributed by atoms with Gasteiger partial charge in [-0.05, 0) is 37.2 Å². The molecule has 4 rings (SSSR count). The topological polar surface area (TPSA) is 113 Å². The minimum Gasteiger partial charge on any atom is -0.482 e. The lowest BCUT2D eigenvalue weighted by Gasteiger charge is -2.16. The monoisotopic (exact) mass is 503 g/mol. The summed E-state index contributed by atoms with van der Waals surface area (Å²) in [5.41, 5.74) is 9.24. The molecule has 10 heteroatoms. The third kappa shape index (κ3) is 6.89. The van der Waals surface area contributed by atoms with Crippen LogP contribution in [0.1, 0.15) is 18.7 Å². The number of nitrogens with two attached hydrogens (primary N) is 1. The first-order valence-corrected chi connectivity index (χ1v) is 15.7. The average molecular weight is 504 g/mol. The van der Waals surface area contributed by atoms with Crippen LogP contribution in [0.5, 0.6) is 5.75 Å². The van der Waals surface area contributed by atoms with E-state index < -0.39 is 8.07 Å². The zero-order valence-corrected chi connectivity index (χ0v) is 22.2. The number of nitrogen functional groups attached to an aromatic ring is 1. The van der Waals surface area contributed by atoms with Crippen molar-refractivity contribution in [3.05, 3.63) is 72.9 Å². The number of nitrogens with one attached hydrogen (secondary N) is 1. The van der Waals surface area contributed by atoms with Crippen molar-refractivity contribution < 1.29 is 9.47 Å². The average Bonchev–Trinajstić information content (AvgIpc) is 3.26. The minimum absolute atomic E-state index is 0.255. The number of pyridine rings is 1. The first-order chi connectivity index (χ1) is 17.3. The van der Waals surface area contributed by atoms with Crippen molar-refractivity contribution in [2.24, 2.45) is 0 Å². The third-order valence-corrected chi connectivity index (χ3v) is 7.23. The van der Waals surface area contributed by atoms with Gasteiger partial charge in [0.1, 0.15) is 30.2 Å². The van der Waals surface area contributed by atoms with E-state index in [9.17, 15) is 0 Å². The molecule has 9 nitrogen and oxygen atoms in total. The van der Waals surface area contributed by atoms with Crippen molar-refractivity contribution in [1.29, 1.82) is 0 Å². The van der Waals surface area contributed by atoms with Gasteiger partial charge in [-0.1, -0.05) is 31.8 Å². The number of aromatic nitrogens is 5. The summed E-state index contributed by atoms with van der Waals surface area (Å²) in [6.45, 7) is 9.96. The van der Waals surface area contributed by atoms with E-state index in [0.717, 1.165) is 28.8 Å². The zero-order valence-electron chi connectivity index (χ0n) is 21.2. The maximum Gasteiger partial charge on any atom is 0.150 e. The van der Waals surface area contributed by atoms with Crippen molar-refractivity contribution in [3.63, 3.8) is 0 Å².